The number of hydrogen-bond acceptors (Lipinski definition) is 5. The highest BCUT2D eigenvalue weighted by Crippen LogP contribution is 2.39. The summed E-state index contributed by atoms with van der Waals surface area (Å²) in [6.45, 7) is 3.40. The number of ether oxygens (including phenoxy) is 2. The molecule has 1 aromatic rings. The van der Waals surface area contributed by atoms with Crippen LogP contribution in [0.2, 0.25) is 0 Å². The summed E-state index contributed by atoms with van der Waals surface area (Å²) in [4.78, 5) is 29.0. The number of likely N-dealkylation sites (N-methyl/N-ethyl adjacent to an activating group) is 1. The Balaban J connectivity index is 1.63. The molecule has 2 fully saturated rings. The lowest BCUT2D eigenvalue weighted by Gasteiger charge is -2.33. The van der Waals surface area contributed by atoms with Gasteiger partial charge in [0.2, 0.25) is 5.91 Å². The molecular weight excluding hydrogens is 356 g/mol. The molecule has 0 aromatic heterocycles. The summed E-state index contributed by atoms with van der Waals surface area (Å²) < 4.78 is 10.5. The summed E-state index contributed by atoms with van der Waals surface area (Å²) in [5, 5.41) is 0. The van der Waals surface area contributed by atoms with Crippen molar-refractivity contribution in [3.63, 3.8) is 0 Å². The Morgan fingerprint density at radius 3 is 2.57 bits per heavy atom. The number of rotatable bonds is 7. The zero-order chi connectivity index (χ0) is 20.1. The zero-order valence-corrected chi connectivity index (χ0v) is 17.2. The maximum Gasteiger partial charge on any atom is 0.323 e. The molecule has 3 unspecified atom stereocenters. The smallest absolute Gasteiger partial charge is 0.323 e. The van der Waals surface area contributed by atoms with Crippen LogP contribution in [0.15, 0.2) is 24.3 Å². The number of carbonyl (C=O) groups is 2. The van der Waals surface area contributed by atoms with Gasteiger partial charge in [-0.3, -0.25) is 14.5 Å². The first-order chi connectivity index (χ1) is 13.5. The molecule has 6 nitrogen and oxygen atoms in total. The summed E-state index contributed by atoms with van der Waals surface area (Å²) in [6.07, 6.45) is 5.41. The summed E-state index contributed by atoms with van der Waals surface area (Å²) in [7, 11) is 3.25. The Morgan fingerprint density at radius 1 is 1.18 bits per heavy atom. The van der Waals surface area contributed by atoms with Crippen LogP contribution in [0, 0.1) is 5.92 Å². The summed E-state index contributed by atoms with van der Waals surface area (Å²) in [5.41, 5.74) is 1.06. The molecule has 3 rings (SSSR count). The number of fused-ring (bicyclic) bond motifs is 1. The normalized spacial score (nSPS) is 24.5. The lowest BCUT2D eigenvalue weighted by Crippen LogP contribution is -2.48. The number of amides is 1. The molecule has 0 radical (unpaired) electrons. The van der Waals surface area contributed by atoms with Crippen molar-refractivity contribution in [2.75, 3.05) is 27.3 Å². The van der Waals surface area contributed by atoms with Crippen LogP contribution in [0.25, 0.3) is 0 Å². The van der Waals surface area contributed by atoms with Gasteiger partial charge < -0.3 is 14.4 Å². The van der Waals surface area contributed by atoms with Crippen molar-refractivity contribution >= 4 is 11.9 Å². The molecule has 1 saturated carbocycles. The second-order valence-corrected chi connectivity index (χ2v) is 7.89. The molecule has 3 atom stereocenters. The number of benzene rings is 1. The number of carbonyl (C=O) groups excluding carboxylic acids is 2. The van der Waals surface area contributed by atoms with Crippen LogP contribution < -0.4 is 4.74 Å². The molecule has 0 bridgehead atoms. The molecule has 1 aliphatic carbocycles. The van der Waals surface area contributed by atoms with Gasteiger partial charge in [-0.1, -0.05) is 25.0 Å². The van der Waals surface area contributed by atoms with E-state index in [1.807, 2.05) is 38.2 Å². The molecular formula is C22H32N2O4. The standard InChI is InChI=1S/C22H32N2O4/c1-4-28-18-11-9-16(10-12-18)14-23(2)21(25)15-24-19-8-6-5-7-17(19)13-20(24)22(26)27-3/h9-12,17,19-20H,4-8,13-15H2,1-3H3. The predicted molar refractivity (Wildman–Crippen MR) is 107 cm³/mol. The fourth-order valence-electron chi connectivity index (χ4n) is 4.64. The molecule has 1 aliphatic heterocycles. The predicted octanol–water partition coefficient (Wildman–Crippen LogP) is 2.85. The molecule has 0 spiro atoms. The van der Waals surface area contributed by atoms with Gasteiger partial charge in [0.05, 0.1) is 20.3 Å². The third-order valence-corrected chi connectivity index (χ3v) is 6.09. The monoisotopic (exact) mass is 388 g/mol. The second-order valence-electron chi connectivity index (χ2n) is 7.89. The van der Waals surface area contributed by atoms with Gasteiger partial charge in [0.1, 0.15) is 11.8 Å². The van der Waals surface area contributed by atoms with Crippen LogP contribution in [0.3, 0.4) is 0 Å². The summed E-state index contributed by atoms with van der Waals surface area (Å²) in [6, 6.07) is 7.86. The molecule has 1 amide bonds. The van der Waals surface area contributed by atoms with Gasteiger partial charge in [-0.25, -0.2) is 0 Å². The molecule has 1 heterocycles. The Morgan fingerprint density at radius 2 is 1.89 bits per heavy atom. The van der Waals surface area contributed by atoms with Crippen molar-refractivity contribution in [2.24, 2.45) is 5.92 Å². The van der Waals surface area contributed by atoms with E-state index < -0.39 is 0 Å². The minimum Gasteiger partial charge on any atom is -0.494 e. The van der Waals surface area contributed by atoms with Crippen molar-refractivity contribution in [2.45, 2.75) is 57.7 Å². The van der Waals surface area contributed by atoms with Crippen LogP contribution >= 0.6 is 0 Å². The maximum atomic E-state index is 12.9. The van der Waals surface area contributed by atoms with Crippen molar-refractivity contribution in [1.82, 2.24) is 9.80 Å². The van der Waals surface area contributed by atoms with E-state index >= 15 is 0 Å². The van der Waals surface area contributed by atoms with E-state index in [1.165, 1.54) is 20.0 Å². The first kappa shape index (κ1) is 20.6. The van der Waals surface area contributed by atoms with Crippen LogP contribution in [0.4, 0.5) is 0 Å². The van der Waals surface area contributed by atoms with Gasteiger partial charge in [0.15, 0.2) is 0 Å². The average Bonchev–Trinajstić information content (AvgIpc) is 3.07. The molecule has 154 valence electrons. The van der Waals surface area contributed by atoms with Gasteiger partial charge >= 0.3 is 5.97 Å². The SMILES string of the molecule is CCOc1ccc(CN(C)C(=O)CN2C(C(=O)OC)CC3CCCCC32)cc1. The Hall–Kier alpha value is -2.08. The number of esters is 1. The number of methoxy groups -OCH3 is 1. The number of nitrogens with zero attached hydrogens (tertiary/aromatic N) is 2. The van der Waals surface area contributed by atoms with E-state index in [0.717, 1.165) is 30.6 Å². The average molecular weight is 389 g/mol. The van der Waals surface area contributed by atoms with Crippen LogP contribution in [-0.4, -0.2) is 61.1 Å². The summed E-state index contributed by atoms with van der Waals surface area (Å²) >= 11 is 0. The first-order valence-corrected chi connectivity index (χ1v) is 10.3. The van der Waals surface area contributed by atoms with Gasteiger partial charge in [-0.05, 0) is 49.8 Å². The Bertz CT molecular complexity index is 676. The van der Waals surface area contributed by atoms with Crippen molar-refractivity contribution in [3.8, 4) is 5.75 Å². The van der Waals surface area contributed by atoms with Crippen molar-refractivity contribution in [1.29, 1.82) is 0 Å². The van der Waals surface area contributed by atoms with E-state index in [9.17, 15) is 9.59 Å². The van der Waals surface area contributed by atoms with Gasteiger partial charge in [-0.2, -0.15) is 0 Å². The molecule has 1 saturated heterocycles. The molecule has 2 aliphatic rings. The lowest BCUT2D eigenvalue weighted by atomic mass is 9.85. The van der Waals surface area contributed by atoms with Crippen molar-refractivity contribution < 1.29 is 19.1 Å². The van der Waals surface area contributed by atoms with E-state index in [4.69, 9.17) is 9.47 Å². The second kappa shape index (κ2) is 9.41. The van der Waals surface area contributed by atoms with E-state index in [-0.39, 0.29) is 24.5 Å². The fourth-order valence-corrected chi connectivity index (χ4v) is 4.64. The van der Waals surface area contributed by atoms with Crippen LogP contribution in [0.1, 0.15) is 44.6 Å². The van der Waals surface area contributed by atoms with Gasteiger partial charge in [-0.15, -0.1) is 0 Å². The molecule has 0 N–H and O–H groups in total. The van der Waals surface area contributed by atoms with Crippen LogP contribution in [0.5, 0.6) is 5.75 Å². The molecule has 28 heavy (non-hydrogen) atoms. The Kier molecular flexibility index (Phi) is 6.94. The van der Waals surface area contributed by atoms with Gasteiger partial charge in [0.25, 0.3) is 0 Å². The van der Waals surface area contributed by atoms with Crippen molar-refractivity contribution in [3.05, 3.63) is 29.8 Å². The quantitative estimate of drug-likeness (QED) is 0.672. The highest BCUT2D eigenvalue weighted by molar-refractivity contribution is 5.81. The minimum atomic E-state index is -0.291. The minimum absolute atomic E-state index is 0.0361. The first-order valence-electron chi connectivity index (χ1n) is 10.3. The van der Waals surface area contributed by atoms with Crippen LogP contribution in [-0.2, 0) is 20.9 Å². The largest absolute Gasteiger partial charge is 0.494 e. The summed E-state index contributed by atoms with van der Waals surface area (Å²) in [5.74, 6) is 1.16. The zero-order valence-electron chi connectivity index (χ0n) is 17.2. The lowest BCUT2D eigenvalue weighted by molar-refractivity contribution is -0.147. The highest BCUT2D eigenvalue weighted by atomic mass is 16.5. The third kappa shape index (κ3) is 4.66. The van der Waals surface area contributed by atoms with E-state index in [2.05, 4.69) is 4.90 Å². The topological polar surface area (TPSA) is 59.1 Å². The van der Waals surface area contributed by atoms with E-state index in [0.29, 0.717) is 25.1 Å². The van der Waals surface area contributed by atoms with Gasteiger partial charge in [0, 0.05) is 19.6 Å². The van der Waals surface area contributed by atoms with E-state index in [1.54, 1.807) is 4.90 Å². The number of hydrogen-bond donors (Lipinski definition) is 0. The number of likely N-dealkylation sites (tertiary alicyclic amines) is 1. The molecule has 1 aromatic carbocycles. The maximum absolute atomic E-state index is 12.9. The highest BCUT2D eigenvalue weighted by Gasteiger charge is 2.46. The Labute approximate surface area is 167 Å². The third-order valence-electron chi connectivity index (χ3n) is 6.09. The molecule has 6 heteroatoms. The fraction of sp³-hybridized carbons (Fsp3) is 0.636.